The normalized spacial score (nSPS) is 11.6. The molecule has 20 rings (SSSR count). The molecule has 20 aromatic rings. The Bertz CT molecular complexity index is 6440. The Labute approximate surface area is 579 Å². The maximum atomic E-state index is 2.42. The highest BCUT2D eigenvalue weighted by molar-refractivity contribution is 6.15. The lowest BCUT2D eigenvalue weighted by atomic mass is 9.99. The van der Waals surface area contributed by atoms with Crippen LogP contribution in [-0.2, 0) is 0 Å². The Morgan fingerprint density at radius 1 is 0.110 bits per heavy atom. The molecule has 0 atom stereocenters. The van der Waals surface area contributed by atoms with Gasteiger partial charge in [0.2, 0.25) is 0 Å². The summed E-state index contributed by atoms with van der Waals surface area (Å²) in [6.45, 7) is 0. The molecule has 4 aromatic heterocycles. The summed E-state index contributed by atoms with van der Waals surface area (Å²) < 4.78 is 9.59. The average molecular weight is 1270 g/mol. The van der Waals surface area contributed by atoms with Crippen molar-refractivity contribution in [1.29, 1.82) is 0 Å². The third kappa shape index (κ3) is 10.1. The number of rotatable bonds is 10. The zero-order chi connectivity index (χ0) is 66.0. The van der Waals surface area contributed by atoms with Crippen LogP contribution in [0.1, 0.15) is 0 Å². The van der Waals surface area contributed by atoms with E-state index in [0.717, 1.165) is 17.1 Å². The fraction of sp³-hybridized carbons (Fsp3) is 0. The van der Waals surface area contributed by atoms with Crippen LogP contribution in [-0.4, -0.2) is 18.3 Å². The quantitative estimate of drug-likeness (QED) is 0.130. The summed E-state index contributed by atoms with van der Waals surface area (Å²) in [4.78, 5) is 0. The average Bonchev–Trinajstić information content (AvgIpc) is 1.60. The number of fused-ring (bicyclic) bond motifs is 12. The van der Waals surface area contributed by atoms with E-state index in [4.69, 9.17) is 0 Å². The number of hydrogen-bond acceptors (Lipinski definition) is 0. The largest absolute Gasteiger partial charge is 0.309 e. The maximum absolute atomic E-state index is 2.42. The second-order valence-electron chi connectivity index (χ2n) is 26.0. The topological polar surface area (TPSA) is 19.7 Å². The van der Waals surface area contributed by atoms with E-state index in [9.17, 15) is 0 Å². The Balaban J connectivity index is 0.000000139. The number of aromatic nitrogens is 4. The summed E-state index contributed by atoms with van der Waals surface area (Å²) in [5, 5.41) is 10.0. The fourth-order valence-corrected chi connectivity index (χ4v) is 15.5. The molecule has 100 heavy (non-hydrogen) atoms. The van der Waals surface area contributed by atoms with Gasteiger partial charge in [-0.15, -0.1) is 0 Å². The van der Waals surface area contributed by atoms with Gasteiger partial charge in [-0.2, -0.15) is 0 Å². The second-order valence-corrected chi connectivity index (χ2v) is 26.0. The van der Waals surface area contributed by atoms with Crippen LogP contribution in [0.5, 0.6) is 0 Å². The molecule has 0 aliphatic rings. The molecule has 0 fully saturated rings. The molecule has 16 aromatic carbocycles. The zero-order valence-electron chi connectivity index (χ0n) is 54.7. The third-order valence-electron chi connectivity index (χ3n) is 20.3. The van der Waals surface area contributed by atoms with Crippen molar-refractivity contribution in [3.05, 3.63) is 388 Å². The monoisotopic (exact) mass is 1270 g/mol. The molecule has 468 valence electrons. The van der Waals surface area contributed by atoms with E-state index in [2.05, 4.69) is 407 Å². The van der Waals surface area contributed by atoms with Crippen LogP contribution < -0.4 is 0 Å². The van der Waals surface area contributed by atoms with E-state index in [1.807, 2.05) is 0 Å². The molecule has 0 saturated heterocycles. The summed E-state index contributed by atoms with van der Waals surface area (Å²) >= 11 is 0. The molecular formula is C96H64N4. The first kappa shape index (κ1) is 58.1. The molecule has 0 aliphatic heterocycles. The maximum Gasteiger partial charge on any atom is 0.0547 e. The summed E-state index contributed by atoms with van der Waals surface area (Å²) in [5.41, 5.74) is 28.9. The van der Waals surface area contributed by atoms with Crippen molar-refractivity contribution in [3.63, 3.8) is 0 Å². The van der Waals surface area contributed by atoms with E-state index in [1.54, 1.807) is 0 Å². The zero-order valence-corrected chi connectivity index (χ0v) is 54.7. The van der Waals surface area contributed by atoms with Crippen molar-refractivity contribution in [1.82, 2.24) is 18.3 Å². The van der Waals surface area contributed by atoms with E-state index in [1.165, 1.54) is 160 Å². The van der Waals surface area contributed by atoms with Crippen molar-refractivity contribution in [2.75, 3.05) is 0 Å². The van der Waals surface area contributed by atoms with Gasteiger partial charge >= 0.3 is 0 Å². The Kier molecular flexibility index (Phi) is 14.2. The van der Waals surface area contributed by atoms with Crippen LogP contribution in [0.3, 0.4) is 0 Å². The lowest BCUT2D eigenvalue weighted by Crippen LogP contribution is -1.94. The van der Waals surface area contributed by atoms with Gasteiger partial charge in [0.1, 0.15) is 0 Å². The summed E-state index contributed by atoms with van der Waals surface area (Å²) in [6, 6.07) is 141. The fourth-order valence-electron chi connectivity index (χ4n) is 15.5. The van der Waals surface area contributed by atoms with Gasteiger partial charge in [0.25, 0.3) is 0 Å². The minimum absolute atomic E-state index is 1.15. The molecule has 0 saturated carbocycles. The van der Waals surface area contributed by atoms with Crippen molar-refractivity contribution in [2.45, 2.75) is 0 Å². The van der Waals surface area contributed by atoms with Gasteiger partial charge in [-0.05, 0) is 188 Å². The first-order valence-electron chi connectivity index (χ1n) is 34.4. The molecule has 4 nitrogen and oxygen atoms in total. The van der Waals surface area contributed by atoms with Gasteiger partial charge < -0.3 is 18.3 Å². The molecule has 0 amide bonds. The standard InChI is InChI=1S/2C48H32N2/c1-4-12-33(13-5-1)35-20-25-40(26-21-35)49-45-19-11-10-18-41(45)43-30-36(23-28-46(43)49)37-24-29-47-44(31-37)42-27-22-38(34-14-6-2-7-15-34)32-48(42)50(47)39-16-8-3-9-17-39;1-4-12-33(13-5-1)35-20-25-40(26-21-35)50-47-29-24-37(31-44(47)42-27-22-38(32-48(42)50)34-14-6-2-7-15-34)36-23-28-46-43(30-36)41-18-10-11-19-45(41)49(46)39-16-8-3-9-17-39/h2*1-32H. The van der Waals surface area contributed by atoms with Gasteiger partial charge in [0.15, 0.2) is 0 Å². The Morgan fingerprint density at radius 3 is 0.630 bits per heavy atom. The number of benzene rings is 16. The van der Waals surface area contributed by atoms with Crippen molar-refractivity contribution < 1.29 is 0 Å². The molecule has 0 spiro atoms. The smallest absolute Gasteiger partial charge is 0.0547 e. The van der Waals surface area contributed by atoms with Gasteiger partial charge in [-0.3, -0.25) is 0 Å². The molecule has 0 unspecified atom stereocenters. The van der Waals surface area contributed by atoms with E-state index in [-0.39, 0.29) is 0 Å². The highest BCUT2D eigenvalue weighted by Gasteiger charge is 2.20. The summed E-state index contributed by atoms with van der Waals surface area (Å²) in [6.07, 6.45) is 0. The van der Waals surface area contributed by atoms with Gasteiger partial charge in [0.05, 0.1) is 44.1 Å². The first-order valence-corrected chi connectivity index (χ1v) is 34.4. The molecule has 0 bridgehead atoms. The molecule has 4 heteroatoms. The number of para-hydroxylation sites is 4. The summed E-state index contributed by atoms with van der Waals surface area (Å²) in [7, 11) is 0. The van der Waals surface area contributed by atoms with Crippen molar-refractivity contribution >= 4 is 87.2 Å². The summed E-state index contributed by atoms with van der Waals surface area (Å²) in [5.74, 6) is 0. The Morgan fingerprint density at radius 2 is 0.310 bits per heavy atom. The van der Waals surface area contributed by atoms with Crippen LogP contribution in [0.15, 0.2) is 388 Å². The van der Waals surface area contributed by atoms with E-state index >= 15 is 0 Å². The predicted molar refractivity (Wildman–Crippen MR) is 423 cm³/mol. The number of nitrogens with zero attached hydrogens (tertiary/aromatic N) is 4. The van der Waals surface area contributed by atoms with E-state index < -0.39 is 0 Å². The molecule has 0 aliphatic carbocycles. The lowest BCUT2D eigenvalue weighted by molar-refractivity contribution is 1.18. The van der Waals surface area contributed by atoms with Crippen molar-refractivity contribution in [2.24, 2.45) is 0 Å². The van der Waals surface area contributed by atoms with Crippen LogP contribution in [0, 0.1) is 0 Å². The van der Waals surface area contributed by atoms with Crippen LogP contribution in [0.25, 0.3) is 177 Å². The predicted octanol–water partition coefficient (Wildman–Crippen LogP) is 25.8. The highest BCUT2D eigenvalue weighted by Crippen LogP contribution is 2.43. The van der Waals surface area contributed by atoms with Crippen LogP contribution >= 0.6 is 0 Å². The second kappa shape index (κ2) is 24.4. The van der Waals surface area contributed by atoms with Gasteiger partial charge in [-0.1, -0.05) is 267 Å². The van der Waals surface area contributed by atoms with E-state index in [0.29, 0.717) is 0 Å². The molecule has 4 heterocycles. The third-order valence-corrected chi connectivity index (χ3v) is 20.3. The molecule has 0 N–H and O–H groups in total. The van der Waals surface area contributed by atoms with Gasteiger partial charge in [0, 0.05) is 65.8 Å². The number of hydrogen-bond donors (Lipinski definition) is 0. The highest BCUT2D eigenvalue weighted by atomic mass is 15.0. The molecular weight excluding hydrogens is 1210 g/mol. The first-order chi connectivity index (χ1) is 49.6. The Hall–Kier alpha value is -13.3. The van der Waals surface area contributed by atoms with Crippen LogP contribution in [0.2, 0.25) is 0 Å². The van der Waals surface area contributed by atoms with Crippen LogP contribution in [0.4, 0.5) is 0 Å². The van der Waals surface area contributed by atoms with Gasteiger partial charge in [-0.25, -0.2) is 0 Å². The van der Waals surface area contributed by atoms with Crippen molar-refractivity contribution in [3.8, 4) is 89.5 Å². The minimum atomic E-state index is 1.15. The molecule has 0 radical (unpaired) electrons. The minimum Gasteiger partial charge on any atom is -0.309 e. The lowest BCUT2D eigenvalue weighted by Gasteiger charge is -2.11. The SMILES string of the molecule is c1ccc(-c2ccc(-n3c4ccc(-c5ccc6c(c5)c5ccccc5n6-c5ccccc5)cc4c4ccc(-c5ccccc5)cc43)cc2)cc1.c1ccc(-c2ccc(-n3c4ccccc4c4cc(-c5ccc6c(c5)c5ccc(-c7ccccc7)cc5n6-c5ccccc5)ccc43)cc2)cc1.